The summed E-state index contributed by atoms with van der Waals surface area (Å²) in [7, 11) is 2.90. The van der Waals surface area contributed by atoms with Gasteiger partial charge in [-0.3, -0.25) is 4.68 Å². The van der Waals surface area contributed by atoms with E-state index in [9.17, 15) is 13.2 Å². The van der Waals surface area contributed by atoms with Crippen LogP contribution in [0.4, 0.5) is 13.2 Å². The number of hydrogen-bond acceptors (Lipinski definition) is 6. The number of methoxy groups -OCH3 is 1. The van der Waals surface area contributed by atoms with E-state index < -0.39 is 17.5 Å². The van der Waals surface area contributed by atoms with E-state index in [1.165, 1.54) is 20.4 Å². The lowest BCUT2D eigenvalue weighted by atomic mass is 9.94. The third-order valence-electron chi connectivity index (χ3n) is 3.85. The van der Waals surface area contributed by atoms with Crippen LogP contribution in [0.5, 0.6) is 0 Å². The molecule has 0 bridgehead atoms. The van der Waals surface area contributed by atoms with Gasteiger partial charge in [0.1, 0.15) is 0 Å². The molecule has 2 aromatic heterocycles. The minimum atomic E-state index is -4.60. The minimum absolute atomic E-state index is 0.148. The molecule has 0 saturated carbocycles. The van der Waals surface area contributed by atoms with Crippen molar-refractivity contribution in [3.63, 3.8) is 0 Å². The molecule has 1 aliphatic heterocycles. The highest BCUT2D eigenvalue weighted by atomic mass is 19.4. The van der Waals surface area contributed by atoms with Crippen LogP contribution in [0.25, 0.3) is 11.4 Å². The average molecular weight is 332 g/mol. The molecule has 0 aromatic carbocycles. The van der Waals surface area contributed by atoms with Crippen LogP contribution < -0.4 is 0 Å². The van der Waals surface area contributed by atoms with Gasteiger partial charge < -0.3 is 14.0 Å². The van der Waals surface area contributed by atoms with Gasteiger partial charge in [-0.1, -0.05) is 5.16 Å². The van der Waals surface area contributed by atoms with E-state index in [2.05, 4.69) is 15.2 Å². The highest BCUT2D eigenvalue weighted by Crippen LogP contribution is 2.38. The molecule has 1 fully saturated rings. The molecule has 1 saturated heterocycles. The van der Waals surface area contributed by atoms with Gasteiger partial charge in [0, 0.05) is 46.4 Å². The number of halogens is 3. The van der Waals surface area contributed by atoms with Gasteiger partial charge in [0.05, 0.1) is 5.56 Å². The molecule has 1 aliphatic rings. The van der Waals surface area contributed by atoms with Gasteiger partial charge in [0.15, 0.2) is 11.3 Å². The molecule has 10 heteroatoms. The average Bonchev–Trinajstić information content (AvgIpc) is 3.14. The summed E-state index contributed by atoms with van der Waals surface area (Å²) >= 11 is 0. The molecule has 0 amide bonds. The minimum Gasteiger partial charge on any atom is -0.381 e. The molecule has 0 radical (unpaired) electrons. The number of ether oxygens (including phenoxy) is 2. The van der Waals surface area contributed by atoms with Crippen LogP contribution in [0, 0.1) is 0 Å². The lowest BCUT2D eigenvalue weighted by Crippen LogP contribution is -2.35. The van der Waals surface area contributed by atoms with Crippen LogP contribution in [0.2, 0.25) is 0 Å². The summed E-state index contributed by atoms with van der Waals surface area (Å²) in [5, 5.41) is 7.12. The van der Waals surface area contributed by atoms with Crippen molar-refractivity contribution < 1.29 is 27.2 Å². The van der Waals surface area contributed by atoms with E-state index in [1.807, 2.05) is 0 Å². The molecule has 126 valence electrons. The molecule has 0 unspecified atom stereocenters. The normalized spacial score (nSPS) is 18.3. The van der Waals surface area contributed by atoms with Gasteiger partial charge in [-0.05, 0) is 0 Å². The molecule has 2 aromatic rings. The van der Waals surface area contributed by atoms with Gasteiger partial charge in [0.2, 0.25) is 5.82 Å². The Balaban J connectivity index is 2.00. The summed E-state index contributed by atoms with van der Waals surface area (Å²) in [5.74, 6) is -0.0152. The number of hydrogen-bond donors (Lipinski definition) is 0. The number of nitrogens with zero attached hydrogens (tertiary/aromatic N) is 4. The molecular formula is C13H15F3N4O3. The Kier molecular flexibility index (Phi) is 3.88. The Morgan fingerprint density at radius 1 is 1.30 bits per heavy atom. The van der Waals surface area contributed by atoms with Crippen molar-refractivity contribution in [1.82, 2.24) is 19.9 Å². The third-order valence-corrected chi connectivity index (χ3v) is 3.85. The number of alkyl halides is 3. The highest BCUT2D eigenvalue weighted by Gasteiger charge is 2.42. The number of aryl methyl sites for hydroxylation is 1. The zero-order chi connectivity index (χ0) is 16.7. The lowest BCUT2D eigenvalue weighted by molar-refractivity contribution is -0.141. The monoisotopic (exact) mass is 332 g/mol. The van der Waals surface area contributed by atoms with Gasteiger partial charge in [-0.25, -0.2) is 0 Å². The zero-order valence-electron chi connectivity index (χ0n) is 12.6. The largest absolute Gasteiger partial charge is 0.435 e. The molecular weight excluding hydrogens is 317 g/mol. The molecule has 23 heavy (non-hydrogen) atoms. The first kappa shape index (κ1) is 15.9. The summed E-state index contributed by atoms with van der Waals surface area (Å²) in [6.45, 7) is 0.901. The summed E-state index contributed by atoms with van der Waals surface area (Å²) in [5.41, 5.74) is -2.11. The van der Waals surface area contributed by atoms with Crippen LogP contribution in [-0.4, -0.2) is 40.2 Å². The topological polar surface area (TPSA) is 75.2 Å². The van der Waals surface area contributed by atoms with Crippen LogP contribution in [0.3, 0.4) is 0 Å². The predicted molar refractivity (Wildman–Crippen MR) is 70.2 cm³/mol. The Bertz CT molecular complexity index is 689. The van der Waals surface area contributed by atoms with Crippen molar-refractivity contribution >= 4 is 0 Å². The Hall–Kier alpha value is -1.94. The van der Waals surface area contributed by atoms with Gasteiger partial charge in [-0.2, -0.15) is 23.3 Å². The first-order valence-corrected chi connectivity index (χ1v) is 6.94. The summed E-state index contributed by atoms with van der Waals surface area (Å²) in [6, 6.07) is 0. The van der Waals surface area contributed by atoms with Crippen molar-refractivity contribution in [2.24, 2.45) is 7.05 Å². The van der Waals surface area contributed by atoms with Crippen molar-refractivity contribution in [2.45, 2.75) is 24.6 Å². The van der Waals surface area contributed by atoms with E-state index in [4.69, 9.17) is 14.0 Å². The molecule has 7 nitrogen and oxygen atoms in total. The second-order valence-corrected chi connectivity index (χ2v) is 5.30. The third kappa shape index (κ3) is 2.83. The van der Waals surface area contributed by atoms with E-state index in [1.54, 1.807) is 0 Å². The fourth-order valence-corrected chi connectivity index (χ4v) is 2.59. The maximum absolute atomic E-state index is 13.0. The molecule has 0 spiro atoms. The number of aromatic nitrogens is 4. The maximum Gasteiger partial charge on any atom is 0.435 e. The fourth-order valence-electron chi connectivity index (χ4n) is 2.59. The van der Waals surface area contributed by atoms with Gasteiger partial charge in [0.25, 0.3) is 5.89 Å². The zero-order valence-corrected chi connectivity index (χ0v) is 12.6. The maximum atomic E-state index is 13.0. The van der Waals surface area contributed by atoms with E-state index in [0.717, 1.165) is 4.68 Å². The highest BCUT2D eigenvalue weighted by molar-refractivity contribution is 5.57. The van der Waals surface area contributed by atoms with Crippen molar-refractivity contribution in [2.75, 3.05) is 20.3 Å². The van der Waals surface area contributed by atoms with Gasteiger partial charge >= 0.3 is 6.18 Å². The molecule has 0 N–H and O–H groups in total. The summed E-state index contributed by atoms with van der Waals surface area (Å²) in [6.07, 6.45) is -2.41. The first-order valence-electron chi connectivity index (χ1n) is 6.94. The van der Waals surface area contributed by atoms with Crippen molar-refractivity contribution in [1.29, 1.82) is 0 Å². The molecule has 3 heterocycles. The van der Waals surface area contributed by atoms with E-state index in [0.29, 0.717) is 26.1 Å². The van der Waals surface area contributed by atoms with E-state index in [-0.39, 0.29) is 17.3 Å². The van der Waals surface area contributed by atoms with Crippen LogP contribution >= 0.6 is 0 Å². The quantitative estimate of drug-likeness (QED) is 0.857. The van der Waals surface area contributed by atoms with Crippen molar-refractivity contribution in [3.8, 4) is 11.4 Å². The van der Waals surface area contributed by atoms with E-state index >= 15 is 0 Å². The molecule has 0 aliphatic carbocycles. The second kappa shape index (κ2) is 5.60. The van der Waals surface area contributed by atoms with Crippen LogP contribution in [0.1, 0.15) is 24.4 Å². The Morgan fingerprint density at radius 2 is 2.00 bits per heavy atom. The Morgan fingerprint density at radius 3 is 2.61 bits per heavy atom. The van der Waals surface area contributed by atoms with Crippen molar-refractivity contribution in [3.05, 3.63) is 17.8 Å². The molecule has 0 atom stereocenters. The van der Waals surface area contributed by atoms with Gasteiger partial charge in [-0.15, -0.1) is 0 Å². The molecule has 3 rings (SSSR count). The standard InChI is InChI=1S/C13H15F3N4O3/c1-20-7-8(9(18-20)13(14,15)16)10-17-11(23-19-10)12(21-2)3-5-22-6-4-12/h7H,3-6H2,1-2H3. The fraction of sp³-hybridized carbons (Fsp3) is 0.615. The second-order valence-electron chi connectivity index (χ2n) is 5.30. The predicted octanol–water partition coefficient (Wildman–Crippen LogP) is 2.14. The lowest BCUT2D eigenvalue weighted by Gasteiger charge is -2.32. The SMILES string of the molecule is COC1(c2nc(-c3cn(C)nc3C(F)(F)F)no2)CCOCC1. The van der Waals surface area contributed by atoms with Crippen LogP contribution in [0.15, 0.2) is 10.7 Å². The summed E-state index contributed by atoms with van der Waals surface area (Å²) in [4.78, 5) is 4.12. The smallest absolute Gasteiger partial charge is 0.381 e. The number of rotatable bonds is 3. The Labute approximate surface area is 129 Å². The van der Waals surface area contributed by atoms with Crippen LogP contribution in [-0.2, 0) is 28.3 Å². The summed E-state index contributed by atoms with van der Waals surface area (Å²) < 4.78 is 56.2. The first-order chi connectivity index (χ1) is 10.9.